The van der Waals surface area contributed by atoms with E-state index in [1.807, 2.05) is 45.0 Å². The molecule has 1 unspecified atom stereocenters. The van der Waals surface area contributed by atoms with Gasteiger partial charge in [-0.3, -0.25) is 4.79 Å². The van der Waals surface area contributed by atoms with Crippen molar-refractivity contribution in [3.05, 3.63) is 35.4 Å². The predicted octanol–water partition coefficient (Wildman–Crippen LogP) is 1.91. The molecule has 16 heavy (non-hydrogen) atoms. The lowest BCUT2D eigenvalue weighted by molar-refractivity contribution is -0.122. The molecule has 0 aliphatic heterocycles. The minimum absolute atomic E-state index is 0.00533. The SMILES string of the molecule is Cc1ccccc1[C@@H](C)NC(=O)CC(C)N. The van der Waals surface area contributed by atoms with Gasteiger partial charge < -0.3 is 11.1 Å². The fourth-order valence-electron chi connectivity index (χ4n) is 1.74. The van der Waals surface area contributed by atoms with Gasteiger partial charge in [-0.05, 0) is 31.9 Å². The van der Waals surface area contributed by atoms with Crippen molar-refractivity contribution in [1.82, 2.24) is 5.32 Å². The number of benzene rings is 1. The molecule has 1 aromatic carbocycles. The molecule has 0 heterocycles. The Morgan fingerprint density at radius 1 is 1.38 bits per heavy atom. The maximum Gasteiger partial charge on any atom is 0.222 e. The molecule has 0 aromatic heterocycles. The summed E-state index contributed by atoms with van der Waals surface area (Å²) in [6, 6.07) is 8.00. The first-order valence-corrected chi connectivity index (χ1v) is 5.61. The topological polar surface area (TPSA) is 55.1 Å². The molecule has 2 atom stereocenters. The van der Waals surface area contributed by atoms with Gasteiger partial charge in [0.05, 0.1) is 6.04 Å². The maximum absolute atomic E-state index is 11.6. The Bertz CT molecular complexity index is 361. The molecule has 0 radical (unpaired) electrons. The fraction of sp³-hybridized carbons (Fsp3) is 0.462. The number of aryl methyl sites for hydroxylation is 1. The lowest BCUT2D eigenvalue weighted by Crippen LogP contribution is -2.31. The van der Waals surface area contributed by atoms with E-state index in [-0.39, 0.29) is 18.0 Å². The highest BCUT2D eigenvalue weighted by atomic mass is 16.1. The Kier molecular flexibility index (Phi) is 4.50. The number of carbonyl (C=O) groups excluding carboxylic acids is 1. The summed E-state index contributed by atoms with van der Waals surface area (Å²) in [7, 11) is 0. The van der Waals surface area contributed by atoms with E-state index in [1.54, 1.807) is 0 Å². The Morgan fingerprint density at radius 3 is 2.56 bits per heavy atom. The molecule has 0 fully saturated rings. The number of nitrogens with one attached hydrogen (secondary N) is 1. The first-order valence-electron chi connectivity index (χ1n) is 5.61. The van der Waals surface area contributed by atoms with Gasteiger partial charge >= 0.3 is 0 Å². The van der Waals surface area contributed by atoms with E-state index in [0.29, 0.717) is 6.42 Å². The van der Waals surface area contributed by atoms with Crippen molar-refractivity contribution in [2.75, 3.05) is 0 Å². The minimum atomic E-state index is -0.0935. The molecule has 3 N–H and O–H groups in total. The number of hydrogen-bond acceptors (Lipinski definition) is 2. The van der Waals surface area contributed by atoms with Gasteiger partial charge in [0.1, 0.15) is 0 Å². The zero-order chi connectivity index (χ0) is 12.1. The predicted molar refractivity (Wildman–Crippen MR) is 66.0 cm³/mol. The zero-order valence-electron chi connectivity index (χ0n) is 10.2. The van der Waals surface area contributed by atoms with Crippen LogP contribution in [0.2, 0.25) is 0 Å². The van der Waals surface area contributed by atoms with Crippen molar-refractivity contribution >= 4 is 5.91 Å². The second-order valence-corrected chi connectivity index (χ2v) is 4.33. The number of rotatable bonds is 4. The van der Waals surface area contributed by atoms with Crippen LogP contribution in [0.15, 0.2) is 24.3 Å². The summed E-state index contributed by atoms with van der Waals surface area (Å²) in [5.41, 5.74) is 7.92. The maximum atomic E-state index is 11.6. The summed E-state index contributed by atoms with van der Waals surface area (Å²) >= 11 is 0. The average Bonchev–Trinajstić information content (AvgIpc) is 2.16. The van der Waals surface area contributed by atoms with E-state index in [4.69, 9.17) is 5.73 Å². The summed E-state index contributed by atoms with van der Waals surface area (Å²) in [6.07, 6.45) is 0.371. The molecule has 1 amide bonds. The lowest BCUT2D eigenvalue weighted by Gasteiger charge is -2.17. The van der Waals surface area contributed by atoms with E-state index in [2.05, 4.69) is 5.32 Å². The van der Waals surface area contributed by atoms with E-state index < -0.39 is 0 Å². The third-order valence-electron chi connectivity index (χ3n) is 2.54. The van der Waals surface area contributed by atoms with E-state index in [0.717, 1.165) is 5.56 Å². The molecule has 0 spiro atoms. The van der Waals surface area contributed by atoms with Crippen LogP contribution in [0.3, 0.4) is 0 Å². The third kappa shape index (κ3) is 3.66. The van der Waals surface area contributed by atoms with Crippen molar-refractivity contribution in [2.24, 2.45) is 5.73 Å². The molecular weight excluding hydrogens is 200 g/mol. The second kappa shape index (κ2) is 5.66. The van der Waals surface area contributed by atoms with Crippen molar-refractivity contribution in [3.8, 4) is 0 Å². The van der Waals surface area contributed by atoms with Crippen LogP contribution in [-0.4, -0.2) is 11.9 Å². The van der Waals surface area contributed by atoms with Gasteiger partial charge in [0, 0.05) is 12.5 Å². The van der Waals surface area contributed by atoms with Gasteiger partial charge in [-0.25, -0.2) is 0 Å². The fourth-order valence-corrected chi connectivity index (χ4v) is 1.74. The molecule has 0 saturated carbocycles. The van der Waals surface area contributed by atoms with Crippen molar-refractivity contribution in [1.29, 1.82) is 0 Å². The molecule has 1 aromatic rings. The third-order valence-corrected chi connectivity index (χ3v) is 2.54. The first kappa shape index (κ1) is 12.7. The largest absolute Gasteiger partial charge is 0.350 e. The monoisotopic (exact) mass is 220 g/mol. The quantitative estimate of drug-likeness (QED) is 0.814. The van der Waals surface area contributed by atoms with Crippen LogP contribution in [0.25, 0.3) is 0 Å². The molecule has 0 aliphatic carbocycles. The van der Waals surface area contributed by atoms with E-state index >= 15 is 0 Å². The van der Waals surface area contributed by atoms with Crippen molar-refractivity contribution in [2.45, 2.75) is 39.3 Å². The van der Waals surface area contributed by atoms with E-state index in [9.17, 15) is 4.79 Å². The Morgan fingerprint density at radius 2 is 2.00 bits per heavy atom. The smallest absolute Gasteiger partial charge is 0.222 e. The highest BCUT2D eigenvalue weighted by Gasteiger charge is 2.11. The number of hydrogen-bond donors (Lipinski definition) is 2. The van der Waals surface area contributed by atoms with Gasteiger partial charge in [-0.2, -0.15) is 0 Å². The summed E-state index contributed by atoms with van der Waals surface area (Å²) in [6.45, 7) is 5.86. The standard InChI is InChI=1S/C13H20N2O/c1-9-6-4-5-7-12(9)11(3)15-13(16)8-10(2)14/h4-7,10-11H,8,14H2,1-3H3,(H,15,16)/t10?,11-/m1/s1. The summed E-state index contributed by atoms with van der Waals surface area (Å²) < 4.78 is 0. The first-order chi connectivity index (χ1) is 7.50. The highest BCUT2D eigenvalue weighted by Crippen LogP contribution is 2.16. The zero-order valence-corrected chi connectivity index (χ0v) is 10.2. The second-order valence-electron chi connectivity index (χ2n) is 4.33. The Hall–Kier alpha value is -1.35. The van der Waals surface area contributed by atoms with Crippen LogP contribution in [0, 0.1) is 6.92 Å². The molecule has 3 nitrogen and oxygen atoms in total. The molecule has 0 bridgehead atoms. The molecular formula is C13H20N2O. The van der Waals surface area contributed by atoms with E-state index in [1.165, 1.54) is 5.56 Å². The number of nitrogens with two attached hydrogens (primary N) is 1. The van der Waals surface area contributed by atoms with Gasteiger partial charge in [0.25, 0.3) is 0 Å². The average molecular weight is 220 g/mol. The Balaban J connectivity index is 2.62. The molecule has 0 aliphatic rings. The molecule has 3 heteroatoms. The molecule has 0 saturated heterocycles. The van der Waals surface area contributed by atoms with Gasteiger partial charge in [0.15, 0.2) is 0 Å². The minimum Gasteiger partial charge on any atom is -0.350 e. The van der Waals surface area contributed by atoms with Gasteiger partial charge in [-0.1, -0.05) is 24.3 Å². The van der Waals surface area contributed by atoms with Crippen LogP contribution in [0.4, 0.5) is 0 Å². The van der Waals surface area contributed by atoms with Crippen molar-refractivity contribution < 1.29 is 4.79 Å². The normalized spacial score (nSPS) is 14.2. The molecule has 1 rings (SSSR count). The number of amides is 1. The Labute approximate surface area is 97.0 Å². The number of carbonyl (C=O) groups is 1. The highest BCUT2D eigenvalue weighted by molar-refractivity contribution is 5.77. The van der Waals surface area contributed by atoms with Crippen LogP contribution < -0.4 is 11.1 Å². The van der Waals surface area contributed by atoms with Crippen LogP contribution >= 0.6 is 0 Å². The summed E-state index contributed by atoms with van der Waals surface area (Å²) in [5.74, 6) is 0.00533. The summed E-state index contributed by atoms with van der Waals surface area (Å²) in [4.78, 5) is 11.6. The summed E-state index contributed by atoms with van der Waals surface area (Å²) in [5, 5.41) is 2.95. The van der Waals surface area contributed by atoms with Crippen LogP contribution in [-0.2, 0) is 4.79 Å². The van der Waals surface area contributed by atoms with Crippen LogP contribution in [0.1, 0.15) is 37.4 Å². The van der Waals surface area contributed by atoms with Crippen LogP contribution in [0.5, 0.6) is 0 Å². The van der Waals surface area contributed by atoms with Crippen molar-refractivity contribution in [3.63, 3.8) is 0 Å². The molecule has 88 valence electrons. The van der Waals surface area contributed by atoms with Gasteiger partial charge in [0.2, 0.25) is 5.91 Å². The van der Waals surface area contributed by atoms with Gasteiger partial charge in [-0.15, -0.1) is 0 Å². The lowest BCUT2D eigenvalue weighted by atomic mass is 10.0.